The molecule has 2 nitrogen and oxygen atoms in total. The number of nitrogens with zero attached hydrogens (tertiary/aromatic N) is 2. The Morgan fingerprint density at radius 3 is 1.60 bits per heavy atom. The fourth-order valence-corrected chi connectivity index (χ4v) is 3.03. The van der Waals surface area contributed by atoms with Crippen molar-refractivity contribution >= 4 is 31.9 Å². The SMILES string of the molecule is C[C@H](CC[C@@H](C)[n+]1cccc(Br)c1)[n+]1cccc(Br)c1. The van der Waals surface area contributed by atoms with Crippen LogP contribution < -0.4 is 9.13 Å². The van der Waals surface area contributed by atoms with Crippen LogP contribution in [0.5, 0.6) is 0 Å². The highest BCUT2D eigenvalue weighted by atomic mass is 79.9. The Hall–Kier alpha value is -0.740. The van der Waals surface area contributed by atoms with Crippen LogP contribution >= 0.6 is 31.9 Å². The minimum absolute atomic E-state index is 0.503. The highest BCUT2D eigenvalue weighted by Crippen LogP contribution is 2.14. The second-order valence-corrected chi connectivity index (χ2v) is 7.05. The van der Waals surface area contributed by atoms with Crippen molar-refractivity contribution in [2.24, 2.45) is 0 Å². The zero-order valence-electron chi connectivity index (χ0n) is 11.8. The number of halogens is 2. The van der Waals surface area contributed by atoms with Crippen molar-refractivity contribution in [1.82, 2.24) is 0 Å². The molecule has 0 bridgehead atoms. The maximum absolute atomic E-state index is 3.52. The topological polar surface area (TPSA) is 7.76 Å². The van der Waals surface area contributed by atoms with Gasteiger partial charge < -0.3 is 0 Å². The third-order valence-electron chi connectivity index (χ3n) is 3.59. The molecule has 0 spiro atoms. The Kier molecular flexibility index (Phi) is 5.73. The van der Waals surface area contributed by atoms with Gasteiger partial charge in [0.05, 0.1) is 8.95 Å². The first-order valence-electron chi connectivity index (χ1n) is 6.89. The lowest BCUT2D eigenvalue weighted by atomic mass is 10.1. The Bertz CT molecular complexity index is 520. The lowest BCUT2D eigenvalue weighted by molar-refractivity contribution is -0.732. The minimum atomic E-state index is 0.503. The van der Waals surface area contributed by atoms with Crippen LogP contribution in [0.4, 0.5) is 0 Å². The van der Waals surface area contributed by atoms with Crippen LogP contribution in [0.25, 0.3) is 0 Å². The van der Waals surface area contributed by atoms with Crippen LogP contribution in [0.3, 0.4) is 0 Å². The molecule has 2 aromatic heterocycles. The molecule has 0 fully saturated rings. The van der Waals surface area contributed by atoms with Gasteiger partial charge >= 0.3 is 0 Å². The summed E-state index contributed by atoms with van der Waals surface area (Å²) in [7, 11) is 0. The number of hydrogen-bond acceptors (Lipinski definition) is 0. The third-order valence-corrected chi connectivity index (χ3v) is 4.53. The van der Waals surface area contributed by atoms with Crippen LogP contribution in [-0.4, -0.2) is 0 Å². The van der Waals surface area contributed by atoms with Crippen LogP contribution in [0.15, 0.2) is 58.0 Å². The van der Waals surface area contributed by atoms with E-state index in [1.807, 2.05) is 0 Å². The number of rotatable bonds is 5. The van der Waals surface area contributed by atoms with E-state index in [2.05, 4.69) is 104 Å². The van der Waals surface area contributed by atoms with Crippen molar-refractivity contribution < 1.29 is 9.13 Å². The zero-order valence-corrected chi connectivity index (χ0v) is 15.0. The van der Waals surface area contributed by atoms with E-state index in [9.17, 15) is 0 Å². The number of aromatic nitrogens is 2. The van der Waals surface area contributed by atoms with Gasteiger partial charge in [-0.1, -0.05) is 0 Å². The lowest BCUT2D eigenvalue weighted by Gasteiger charge is -2.10. The van der Waals surface area contributed by atoms with E-state index in [1.165, 1.54) is 0 Å². The molecule has 20 heavy (non-hydrogen) atoms. The Labute approximate surface area is 137 Å². The fourth-order valence-electron chi connectivity index (χ4n) is 2.25. The average molecular weight is 400 g/mol. The zero-order chi connectivity index (χ0) is 14.5. The van der Waals surface area contributed by atoms with E-state index >= 15 is 0 Å². The van der Waals surface area contributed by atoms with Gasteiger partial charge in [-0.15, -0.1) is 0 Å². The molecule has 0 saturated carbocycles. The van der Waals surface area contributed by atoms with Crippen molar-refractivity contribution in [2.45, 2.75) is 38.8 Å². The maximum atomic E-state index is 3.52. The molecule has 0 aliphatic carbocycles. The molecule has 0 unspecified atom stereocenters. The predicted octanol–water partition coefficient (Wildman–Crippen LogP) is 4.39. The van der Waals surface area contributed by atoms with Crippen molar-refractivity contribution in [3.63, 3.8) is 0 Å². The molecule has 2 heterocycles. The van der Waals surface area contributed by atoms with Gasteiger partial charge in [-0.3, -0.25) is 0 Å². The Morgan fingerprint density at radius 1 is 0.850 bits per heavy atom. The highest BCUT2D eigenvalue weighted by molar-refractivity contribution is 9.10. The van der Waals surface area contributed by atoms with E-state index in [-0.39, 0.29) is 0 Å². The van der Waals surface area contributed by atoms with Gasteiger partial charge in [0.15, 0.2) is 36.9 Å². The predicted molar refractivity (Wildman–Crippen MR) is 87.3 cm³/mol. The molecule has 0 N–H and O–H groups in total. The van der Waals surface area contributed by atoms with Crippen LogP contribution in [-0.2, 0) is 0 Å². The van der Waals surface area contributed by atoms with Crippen LogP contribution in [0.1, 0.15) is 38.8 Å². The fraction of sp³-hybridized carbons (Fsp3) is 0.375. The summed E-state index contributed by atoms with van der Waals surface area (Å²) in [4.78, 5) is 0. The molecule has 0 saturated heterocycles. The summed E-state index contributed by atoms with van der Waals surface area (Å²) in [6, 6.07) is 9.28. The molecule has 0 aromatic carbocycles. The summed E-state index contributed by atoms with van der Waals surface area (Å²) < 4.78 is 6.78. The smallest absolute Gasteiger partial charge is 0.183 e. The molecule has 106 valence electrons. The van der Waals surface area contributed by atoms with Gasteiger partial charge in [0, 0.05) is 25.0 Å². The molecular formula is C16H20Br2N2+2. The molecule has 0 aliphatic heterocycles. The van der Waals surface area contributed by atoms with Gasteiger partial charge in [-0.25, -0.2) is 9.13 Å². The number of pyridine rings is 2. The number of hydrogen-bond donors (Lipinski definition) is 0. The van der Waals surface area contributed by atoms with Crippen molar-refractivity contribution in [1.29, 1.82) is 0 Å². The molecule has 0 radical (unpaired) electrons. The van der Waals surface area contributed by atoms with Gasteiger partial charge in [-0.05, 0) is 57.8 Å². The summed E-state index contributed by atoms with van der Waals surface area (Å²) in [5.41, 5.74) is 0. The summed E-state index contributed by atoms with van der Waals surface area (Å²) >= 11 is 7.05. The van der Waals surface area contributed by atoms with E-state index in [0.717, 1.165) is 21.8 Å². The van der Waals surface area contributed by atoms with E-state index < -0.39 is 0 Å². The quantitative estimate of drug-likeness (QED) is 0.658. The van der Waals surface area contributed by atoms with Crippen LogP contribution in [0.2, 0.25) is 0 Å². The van der Waals surface area contributed by atoms with E-state index in [1.54, 1.807) is 0 Å². The summed E-state index contributed by atoms with van der Waals surface area (Å²) in [6.07, 6.45) is 10.9. The molecule has 2 atom stereocenters. The molecule has 4 heteroatoms. The second kappa shape index (κ2) is 7.32. The van der Waals surface area contributed by atoms with Crippen molar-refractivity contribution in [2.75, 3.05) is 0 Å². The summed E-state index contributed by atoms with van der Waals surface area (Å²) in [5, 5.41) is 0. The molecule has 0 amide bonds. The van der Waals surface area contributed by atoms with E-state index in [4.69, 9.17) is 0 Å². The first-order chi connectivity index (χ1) is 9.56. The summed E-state index contributed by atoms with van der Waals surface area (Å²) in [5.74, 6) is 0. The first kappa shape index (κ1) is 15.6. The third kappa shape index (κ3) is 4.38. The average Bonchev–Trinajstić information content (AvgIpc) is 2.44. The largest absolute Gasteiger partial charge is 0.202 e. The van der Waals surface area contributed by atoms with Gasteiger partial charge in [0.1, 0.15) is 0 Å². The minimum Gasteiger partial charge on any atom is -0.202 e. The molecule has 2 rings (SSSR count). The monoisotopic (exact) mass is 398 g/mol. The Morgan fingerprint density at radius 2 is 1.25 bits per heavy atom. The lowest BCUT2D eigenvalue weighted by Crippen LogP contribution is -2.40. The van der Waals surface area contributed by atoms with Gasteiger partial charge in [-0.2, -0.15) is 0 Å². The second-order valence-electron chi connectivity index (χ2n) is 5.21. The normalized spacial score (nSPS) is 14.0. The van der Waals surface area contributed by atoms with Crippen molar-refractivity contribution in [3.8, 4) is 0 Å². The van der Waals surface area contributed by atoms with Gasteiger partial charge in [0.2, 0.25) is 0 Å². The standard InChI is InChI=1S/C16H20Br2N2/c1-13(19-9-3-5-15(17)11-19)7-8-14(2)20-10-4-6-16(18)12-20/h3-6,9-14H,7-8H2,1-2H3/q+2/t13-,14-/m1/s1. The van der Waals surface area contributed by atoms with Crippen LogP contribution in [0, 0.1) is 0 Å². The molecule has 2 aromatic rings. The maximum Gasteiger partial charge on any atom is 0.183 e. The van der Waals surface area contributed by atoms with Gasteiger partial charge in [0.25, 0.3) is 0 Å². The Balaban J connectivity index is 1.94. The highest BCUT2D eigenvalue weighted by Gasteiger charge is 2.18. The van der Waals surface area contributed by atoms with E-state index in [0.29, 0.717) is 12.1 Å². The molecular weight excluding hydrogens is 380 g/mol. The first-order valence-corrected chi connectivity index (χ1v) is 8.47. The van der Waals surface area contributed by atoms with Crippen molar-refractivity contribution in [3.05, 3.63) is 58.0 Å². The molecule has 0 aliphatic rings. The summed E-state index contributed by atoms with van der Waals surface area (Å²) in [6.45, 7) is 4.54.